The fraction of sp³-hybridized carbons (Fsp3) is 0.158. The third-order valence-electron chi connectivity index (χ3n) is 3.84. The van der Waals surface area contributed by atoms with E-state index in [0.29, 0.717) is 16.5 Å². The molecule has 0 unspecified atom stereocenters. The number of aromatic nitrogens is 2. The van der Waals surface area contributed by atoms with Crippen molar-refractivity contribution in [2.45, 2.75) is 20.1 Å². The number of aryl methyl sites for hydroxylation is 1. The zero-order valence-corrected chi connectivity index (χ0v) is 13.6. The van der Waals surface area contributed by atoms with Crippen molar-refractivity contribution in [2.24, 2.45) is 0 Å². The van der Waals surface area contributed by atoms with Crippen LogP contribution in [0.5, 0.6) is 0 Å². The topological polar surface area (TPSA) is 85.0 Å². The number of hydrogen-bond acceptors (Lipinski definition) is 5. The van der Waals surface area contributed by atoms with Gasteiger partial charge in [-0.15, -0.1) is 0 Å². The lowest BCUT2D eigenvalue weighted by Crippen LogP contribution is -2.25. The Morgan fingerprint density at radius 1 is 1.24 bits per heavy atom. The van der Waals surface area contributed by atoms with E-state index in [1.165, 1.54) is 10.9 Å². The minimum atomic E-state index is -0.528. The number of nitrogens with zero attached hydrogens (tertiary/aromatic N) is 3. The SMILES string of the molecule is Cc1cccc2c(=O)n(CC(=O)OCc3ccc(C#N)cc3)cnc12. The molecule has 1 aromatic heterocycles. The van der Waals surface area contributed by atoms with E-state index in [0.717, 1.165) is 11.1 Å². The van der Waals surface area contributed by atoms with Crippen molar-refractivity contribution in [1.29, 1.82) is 5.26 Å². The molecule has 2 aromatic carbocycles. The normalized spacial score (nSPS) is 10.4. The molecule has 0 bridgehead atoms. The van der Waals surface area contributed by atoms with Crippen LogP contribution in [-0.2, 0) is 22.7 Å². The summed E-state index contributed by atoms with van der Waals surface area (Å²) >= 11 is 0. The second-order valence-electron chi connectivity index (χ2n) is 5.62. The van der Waals surface area contributed by atoms with Crippen molar-refractivity contribution < 1.29 is 9.53 Å². The first-order valence-electron chi connectivity index (χ1n) is 7.68. The van der Waals surface area contributed by atoms with Gasteiger partial charge in [0.2, 0.25) is 0 Å². The molecule has 0 aliphatic rings. The Morgan fingerprint density at radius 3 is 2.72 bits per heavy atom. The van der Waals surface area contributed by atoms with Crippen LogP contribution in [0.4, 0.5) is 0 Å². The lowest BCUT2D eigenvalue weighted by Gasteiger charge is -2.08. The molecule has 25 heavy (non-hydrogen) atoms. The predicted octanol–water partition coefficient (Wildman–Crippen LogP) is 2.32. The first-order chi connectivity index (χ1) is 12.1. The molecule has 0 spiro atoms. The summed E-state index contributed by atoms with van der Waals surface area (Å²) in [5, 5.41) is 9.23. The van der Waals surface area contributed by atoms with E-state index in [2.05, 4.69) is 4.98 Å². The van der Waals surface area contributed by atoms with Gasteiger partial charge in [0, 0.05) is 0 Å². The van der Waals surface area contributed by atoms with Crippen LogP contribution in [0.2, 0.25) is 0 Å². The number of benzene rings is 2. The molecule has 0 aliphatic heterocycles. The number of para-hydroxylation sites is 1. The van der Waals surface area contributed by atoms with Gasteiger partial charge in [-0.3, -0.25) is 14.2 Å². The molecule has 3 rings (SSSR count). The molecule has 0 aliphatic carbocycles. The van der Waals surface area contributed by atoms with Gasteiger partial charge < -0.3 is 4.74 Å². The third-order valence-corrected chi connectivity index (χ3v) is 3.84. The van der Waals surface area contributed by atoms with Crippen molar-refractivity contribution in [3.05, 3.63) is 75.8 Å². The van der Waals surface area contributed by atoms with E-state index >= 15 is 0 Å². The van der Waals surface area contributed by atoms with Crippen molar-refractivity contribution in [3.8, 4) is 6.07 Å². The van der Waals surface area contributed by atoms with Crippen LogP contribution in [0.3, 0.4) is 0 Å². The number of carbonyl (C=O) groups is 1. The lowest BCUT2D eigenvalue weighted by molar-refractivity contribution is -0.145. The molecule has 0 saturated heterocycles. The molecule has 0 fully saturated rings. The van der Waals surface area contributed by atoms with E-state index in [-0.39, 0.29) is 18.7 Å². The number of fused-ring (bicyclic) bond motifs is 1. The summed E-state index contributed by atoms with van der Waals surface area (Å²) in [6, 6.07) is 14.1. The van der Waals surface area contributed by atoms with Gasteiger partial charge in [-0.2, -0.15) is 5.26 Å². The van der Waals surface area contributed by atoms with Gasteiger partial charge in [0.1, 0.15) is 13.2 Å². The summed E-state index contributed by atoms with van der Waals surface area (Å²) in [6.45, 7) is 1.76. The number of rotatable bonds is 4. The van der Waals surface area contributed by atoms with Crippen molar-refractivity contribution in [2.75, 3.05) is 0 Å². The minimum Gasteiger partial charge on any atom is -0.459 e. The second kappa shape index (κ2) is 6.97. The second-order valence-corrected chi connectivity index (χ2v) is 5.62. The first-order valence-corrected chi connectivity index (χ1v) is 7.68. The third kappa shape index (κ3) is 3.56. The average Bonchev–Trinajstić information content (AvgIpc) is 2.63. The van der Waals surface area contributed by atoms with Crippen molar-refractivity contribution >= 4 is 16.9 Å². The van der Waals surface area contributed by atoms with Gasteiger partial charge in [0.05, 0.1) is 28.9 Å². The van der Waals surface area contributed by atoms with Crippen LogP contribution in [0.25, 0.3) is 10.9 Å². The molecule has 6 nitrogen and oxygen atoms in total. The molecule has 6 heteroatoms. The number of nitriles is 1. The highest BCUT2D eigenvalue weighted by molar-refractivity contribution is 5.80. The molecule has 1 heterocycles. The standard InChI is InChI=1S/C19H15N3O3/c1-13-3-2-4-16-18(13)21-12-22(19(16)24)10-17(23)25-11-15-7-5-14(9-20)6-8-15/h2-8,12H,10-11H2,1H3. The van der Waals surface area contributed by atoms with E-state index in [9.17, 15) is 9.59 Å². The Balaban J connectivity index is 1.70. The highest BCUT2D eigenvalue weighted by atomic mass is 16.5. The molecule has 0 amide bonds. The Bertz CT molecular complexity index is 1030. The van der Waals surface area contributed by atoms with Crippen LogP contribution in [0, 0.1) is 18.3 Å². The average molecular weight is 333 g/mol. The van der Waals surface area contributed by atoms with Gasteiger partial charge in [0.15, 0.2) is 0 Å². The number of ether oxygens (including phenoxy) is 1. The molecule has 0 atom stereocenters. The van der Waals surface area contributed by atoms with Gasteiger partial charge in [-0.1, -0.05) is 24.3 Å². The van der Waals surface area contributed by atoms with E-state index < -0.39 is 5.97 Å². The maximum atomic E-state index is 12.4. The summed E-state index contributed by atoms with van der Waals surface area (Å²) < 4.78 is 6.43. The molecular formula is C19H15N3O3. The summed E-state index contributed by atoms with van der Waals surface area (Å²) in [6.07, 6.45) is 1.36. The quantitative estimate of drug-likeness (QED) is 0.684. The highest BCUT2D eigenvalue weighted by Gasteiger charge is 2.10. The zero-order chi connectivity index (χ0) is 17.8. The summed E-state index contributed by atoms with van der Waals surface area (Å²) in [4.78, 5) is 28.7. The van der Waals surface area contributed by atoms with Crippen LogP contribution in [0.15, 0.2) is 53.6 Å². The Labute approximate surface area is 143 Å². The van der Waals surface area contributed by atoms with Gasteiger partial charge in [0.25, 0.3) is 5.56 Å². The number of carbonyl (C=O) groups excluding carboxylic acids is 1. The van der Waals surface area contributed by atoms with Gasteiger partial charge >= 0.3 is 5.97 Å². The van der Waals surface area contributed by atoms with E-state index in [4.69, 9.17) is 10.00 Å². The monoisotopic (exact) mass is 333 g/mol. The van der Waals surface area contributed by atoms with Crippen LogP contribution in [-0.4, -0.2) is 15.5 Å². The minimum absolute atomic E-state index is 0.0827. The molecule has 0 N–H and O–H groups in total. The fourth-order valence-electron chi connectivity index (χ4n) is 2.47. The predicted molar refractivity (Wildman–Crippen MR) is 91.7 cm³/mol. The van der Waals surface area contributed by atoms with Crippen LogP contribution >= 0.6 is 0 Å². The molecule has 124 valence electrons. The molecule has 0 radical (unpaired) electrons. The summed E-state index contributed by atoms with van der Waals surface area (Å²) in [7, 11) is 0. The Kier molecular flexibility index (Phi) is 4.57. The first kappa shape index (κ1) is 16.4. The van der Waals surface area contributed by atoms with E-state index in [1.54, 1.807) is 36.4 Å². The van der Waals surface area contributed by atoms with Crippen molar-refractivity contribution in [3.63, 3.8) is 0 Å². The molecular weight excluding hydrogens is 318 g/mol. The molecule has 0 saturated carbocycles. The summed E-state index contributed by atoms with van der Waals surface area (Å²) in [5.41, 5.74) is 2.58. The Morgan fingerprint density at radius 2 is 2.00 bits per heavy atom. The smallest absolute Gasteiger partial charge is 0.326 e. The maximum Gasteiger partial charge on any atom is 0.326 e. The van der Waals surface area contributed by atoms with Crippen molar-refractivity contribution in [1.82, 2.24) is 9.55 Å². The largest absolute Gasteiger partial charge is 0.459 e. The number of hydrogen-bond donors (Lipinski definition) is 0. The molecule has 3 aromatic rings. The zero-order valence-electron chi connectivity index (χ0n) is 13.6. The lowest BCUT2D eigenvalue weighted by atomic mass is 10.1. The maximum absolute atomic E-state index is 12.4. The van der Waals surface area contributed by atoms with Crippen LogP contribution < -0.4 is 5.56 Å². The van der Waals surface area contributed by atoms with Crippen LogP contribution in [0.1, 0.15) is 16.7 Å². The van der Waals surface area contributed by atoms with E-state index in [1.807, 2.05) is 19.1 Å². The highest BCUT2D eigenvalue weighted by Crippen LogP contribution is 2.11. The Hall–Kier alpha value is -3.46. The van der Waals surface area contributed by atoms with Gasteiger partial charge in [-0.25, -0.2) is 4.98 Å². The van der Waals surface area contributed by atoms with Gasteiger partial charge in [-0.05, 0) is 36.2 Å². The summed E-state index contributed by atoms with van der Waals surface area (Å²) in [5.74, 6) is -0.528. The number of esters is 1. The fourth-order valence-corrected chi connectivity index (χ4v) is 2.47.